The topological polar surface area (TPSA) is 110 Å². The van der Waals surface area contributed by atoms with Crippen molar-refractivity contribution in [2.75, 3.05) is 6.54 Å². The predicted octanol–water partition coefficient (Wildman–Crippen LogP) is 2.03. The second kappa shape index (κ2) is 6.64. The highest BCUT2D eigenvalue weighted by Gasteiger charge is 2.31. The van der Waals surface area contributed by atoms with Crippen LogP contribution in [0.3, 0.4) is 0 Å². The van der Waals surface area contributed by atoms with Crippen LogP contribution in [0.15, 0.2) is 30.5 Å². The van der Waals surface area contributed by atoms with Crippen LogP contribution in [0, 0.1) is 10.1 Å². The van der Waals surface area contributed by atoms with E-state index in [1.165, 1.54) is 16.8 Å². The fourth-order valence-corrected chi connectivity index (χ4v) is 3.16. The Bertz CT molecular complexity index is 791. The van der Waals surface area contributed by atoms with E-state index in [0.29, 0.717) is 29.7 Å². The number of hydrogen-bond donors (Lipinski definition) is 2. The van der Waals surface area contributed by atoms with E-state index in [2.05, 4.69) is 10.4 Å². The van der Waals surface area contributed by atoms with E-state index >= 15 is 0 Å². The number of benzene rings is 1. The Hall–Kier alpha value is -2.74. The predicted molar refractivity (Wildman–Crippen MR) is 91.0 cm³/mol. The van der Waals surface area contributed by atoms with Gasteiger partial charge < -0.3 is 10.4 Å². The first kappa shape index (κ1) is 17.1. The number of aliphatic hydroxyl groups is 1. The fourth-order valence-electron chi connectivity index (χ4n) is 3.16. The number of hydrogen-bond acceptors (Lipinski definition) is 5. The van der Waals surface area contributed by atoms with Gasteiger partial charge >= 0.3 is 0 Å². The molecule has 0 radical (unpaired) electrons. The number of aromatic nitrogens is 2. The van der Waals surface area contributed by atoms with Crippen LogP contribution in [0.1, 0.15) is 36.0 Å². The summed E-state index contributed by atoms with van der Waals surface area (Å²) in [4.78, 5) is 22.8. The lowest BCUT2D eigenvalue weighted by atomic mass is 10.0. The third kappa shape index (κ3) is 3.69. The summed E-state index contributed by atoms with van der Waals surface area (Å²) in [7, 11) is 1.70. The molecule has 1 aromatic carbocycles. The minimum atomic E-state index is -0.828. The molecule has 1 fully saturated rings. The molecule has 0 unspecified atom stereocenters. The Morgan fingerprint density at radius 2 is 2.00 bits per heavy atom. The zero-order valence-electron chi connectivity index (χ0n) is 13.9. The summed E-state index contributed by atoms with van der Waals surface area (Å²) in [5.74, 6) is -0.318. The monoisotopic (exact) mass is 344 g/mol. The Balaban J connectivity index is 1.80. The molecule has 132 valence electrons. The van der Waals surface area contributed by atoms with E-state index < -0.39 is 10.5 Å². The van der Waals surface area contributed by atoms with Crippen LogP contribution in [-0.2, 0) is 7.05 Å². The van der Waals surface area contributed by atoms with Crippen molar-refractivity contribution in [3.05, 3.63) is 46.1 Å². The number of nitrogens with one attached hydrogen (secondary N) is 1. The molecule has 1 saturated carbocycles. The number of rotatable bonds is 5. The number of nitro benzene ring substituents is 1. The number of nitrogens with zero attached hydrogens (tertiary/aromatic N) is 3. The van der Waals surface area contributed by atoms with E-state index in [1.54, 1.807) is 25.4 Å². The molecule has 8 nitrogen and oxygen atoms in total. The van der Waals surface area contributed by atoms with Crippen LogP contribution < -0.4 is 5.32 Å². The summed E-state index contributed by atoms with van der Waals surface area (Å²) in [6.45, 7) is 0.209. The Morgan fingerprint density at radius 1 is 1.36 bits per heavy atom. The summed E-state index contributed by atoms with van der Waals surface area (Å²) in [6, 6.07) is 5.91. The Kier molecular flexibility index (Phi) is 4.54. The zero-order chi connectivity index (χ0) is 18.0. The molecular weight excluding hydrogens is 324 g/mol. The second-order valence-corrected chi connectivity index (χ2v) is 6.48. The summed E-state index contributed by atoms with van der Waals surface area (Å²) in [5, 5.41) is 28.2. The van der Waals surface area contributed by atoms with Gasteiger partial charge in [-0.25, -0.2) is 0 Å². The van der Waals surface area contributed by atoms with Gasteiger partial charge in [0.1, 0.15) is 5.69 Å². The Morgan fingerprint density at radius 3 is 2.60 bits per heavy atom. The highest BCUT2D eigenvalue weighted by atomic mass is 16.6. The van der Waals surface area contributed by atoms with Gasteiger partial charge in [-0.3, -0.25) is 19.6 Å². The van der Waals surface area contributed by atoms with Crippen LogP contribution in [0.5, 0.6) is 0 Å². The van der Waals surface area contributed by atoms with E-state index in [0.717, 1.165) is 12.8 Å². The van der Waals surface area contributed by atoms with Crippen LogP contribution in [0.25, 0.3) is 11.3 Å². The molecule has 3 rings (SSSR count). The van der Waals surface area contributed by atoms with Crippen molar-refractivity contribution in [1.29, 1.82) is 0 Å². The number of non-ortho nitro benzene ring substituents is 1. The van der Waals surface area contributed by atoms with E-state index in [9.17, 15) is 20.0 Å². The minimum Gasteiger partial charge on any atom is -0.388 e. The van der Waals surface area contributed by atoms with Gasteiger partial charge in [-0.15, -0.1) is 0 Å². The normalized spacial score (nSPS) is 15.9. The van der Waals surface area contributed by atoms with Crippen LogP contribution >= 0.6 is 0 Å². The lowest BCUT2D eigenvalue weighted by Gasteiger charge is -2.22. The molecule has 1 aliphatic carbocycles. The zero-order valence-corrected chi connectivity index (χ0v) is 13.9. The molecule has 1 aromatic heterocycles. The van der Waals surface area contributed by atoms with E-state index in [1.807, 2.05) is 0 Å². The molecular formula is C17H20N4O4. The molecule has 0 bridgehead atoms. The number of carbonyl (C=O) groups excluding carboxylic acids is 1. The van der Waals surface area contributed by atoms with Crippen LogP contribution in [0.2, 0.25) is 0 Å². The molecule has 1 aliphatic rings. The molecule has 0 atom stereocenters. The lowest BCUT2D eigenvalue weighted by molar-refractivity contribution is -0.384. The van der Waals surface area contributed by atoms with E-state index in [4.69, 9.17) is 0 Å². The highest BCUT2D eigenvalue weighted by Crippen LogP contribution is 2.29. The molecule has 2 aromatic rings. The van der Waals surface area contributed by atoms with Gasteiger partial charge in [0.05, 0.1) is 16.1 Å². The van der Waals surface area contributed by atoms with Crippen molar-refractivity contribution in [1.82, 2.24) is 15.1 Å². The Labute approximate surface area is 144 Å². The SMILES string of the molecule is Cn1cc(C(=O)NCC2(O)CCCC2)c(-c2ccc([N+](=O)[O-])cc2)n1. The number of carbonyl (C=O) groups is 1. The lowest BCUT2D eigenvalue weighted by Crippen LogP contribution is -2.40. The van der Waals surface area contributed by atoms with Gasteiger partial charge in [0.2, 0.25) is 0 Å². The highest BCUT2D eigenvalue weighted by molar-refractivity contribution is 5.99. The van der Waals surface area contributed by atoms with Crippen molar-refractivity contribution in [2.45, 2.75) is 31.3 Å². The van der Waals surface area contributed by atoms with Gasteiger partial charge in [0.25, 0.3) is 11.6 Å². The second-order valence-electron chi connectivity index (χ2n) is 6.48. The van der Waals surface area contributed by atoms with Gasteiger partial charge in [-0.05, 0) is 25.0 Å². The maximum atomic E-state index is 12.5. The number of amides is 1. The van der Waals surface area contributed by atoms with Crippen molar-refractivity contribution in [2.24, 2.45) is 7.05 Å². The first-order valence-electron chi connectivity index (χ1n) is 8.17. The quantitative estimate of drug-likeness (QED) is 0.637. The van der Waals surface area contributed by atoms with E-state index in [-0.39, 0.29) is 18.1 Å². The average molecular weight is 344 g/mol. The van der Waals surface area contributed by atoms with Crippen molar-refractivity contribution < 1.29 is 14.8 Å². The molecule has 0 aliphatic heterocycles. The largest absolute Gasteiger partial charge is 0.388 e. The molecule has 25 heavy (non-hydrogen) atoms. The maximum Gasteiger partial charge on any atom is 0.269 e. The molecule has 2 N–H and O–H groups in total. The molecule has 1 heterocycles. The van der Waals surface area contributed by atoms with Crippen LogP contribution in [0.4, 0.5) is 5.69 Å². The van der Waals surface area contributed by atoms with Gasteiger partial charge in [-0.2, -0.15) is 5.10 Å². The maximum absolute atomic E-state index is 12.5. The first-order valence-corrected chi connectivity index (χ1v) is 8.17. The summed E-state index contributed by atoms with van der Waals surface area (Å²) in [6.07, 6.45) is 4.91. The van der Waals surface area contributed by atoms with Crippen LogP contribution in [-0.4, -0.2) is 37.9 Å². The summed E-state index contributed by atoms with van der Waals surface area (Å²) < 4.78 is 1.52. The molecule has 1 amide bonds. The molecule has 0 spiro atoms. The van der Waals surface area contributed by atoms with Gasteiger partial charge in [-0.1, -0.05) is 12.8 Å². The fraction of sp³-hybridized carbons (Fsp3) is 0.412. The third-order valence-corrected chi connectivity index (χ3v) is 4.54. The summed E-state index contributed by atoms with van der Waals surface area (Å²) in [5.41, 5.74) is 0.599. The van der Waals surface area contributed by atoms with Crippen molar-refractivity contribution >= 4 is 11.6 Å². The molecule has 8 heteroatoms. The average Bonchev–Trinajstić information content (AvgIpc) is 3.19. The minimum absolute atomic E-state index is 0.0193. The number of aryl methyl sites for hydroxylation is 1. The van der Waals surface area contributed by atoms with Gasteiger partial charge in [0.15, 0.2) is 0 Å². The van der Waals surface area contributed by atoms with Crippen molar-refractivity contribution in [3.8, 4) is 11.3 Å². The number of nitro groups is 1. The first-order chi connectivity index (χ1) is 11.9. The molecule has 0 saturated heterocycles. The smallest absolute Gasteiger partial charge is 0.269 e. The third-order valence-electron chi connectivity index (χ3n) is 4.54. The van der Waals surface area contributed by atoms with Gasteiger partial charge in [0, 0.05) is 37.5 Å². The van der Waals surface area contributed by atoms with Crippen molar-refractivity contribution in [3.63, 3.8) is 0 Å². The standard InChI is InChI=1S/C17H20N4O4/c1-20-10-14(16(22)18-11-17(23)8-2-3-9-17)15(19-20)12-4-6-13(7-5-12)21(24)25/h4-7,10,23H,2-3,8-9,11H2,1H3,(H,18,22). The summed E-state index contributed by atoms with van der Waals surface area (Å²) >= 11 is 0.